The SMILES string of the molecule is FC(F)(F)c1cnc(OCCCl)c(Cl)c1. The fourth-order valence-corrected chi connectivity index (χ4v) is 1.12. The zero-order valence-electron chi connectivity index (χ0n) is 7.31. The van der Waals surface area contributed by atoms with Gasteiger partial charge in [0.15, 0.2) is 0 Å². The van der Waals surface area contributed by atoms with Crippen molar-refractivity contribution in [1.82, 2.24) is 4.98 Å². The van der Waals surface area contributed by atoms with Gasteiger partial charge in [-0.1, -0.05) is 11.6 Å². The number of rotatable bonds is 3. The molecule has 1 aromatic rings. The Morgan fingerprint density at radius 1 is 1.40 bits per heavy atom. The van der Waals surface area contributed by atoms with E-state index in [1.54, 1.807) is 0 Å². The second kappa shape index (κ2) is 4.90. The van der Waals surface area contributed by atoms with Crippen LogP contribution in [0, 0.1) is 0 Å². The normalized spacial score (nSPS) is 11.5. The second-order valence-electron chi connectivity index (χ2n) is 2.55. The first kappa shape index (κ1) is 12.4. The lowest BCUT2D eigenvalue weighted by Crippen LogP contribution is -2.07. The summed E-state index contributed by atoms with van der Waals surface area (Å²) in [6.07, 6.45) is -3.79. The summed E-state index contributed by atoms with van der Waals surface area (Å²) in [7, 11) is 0. The number of hydrogen-bond donors (Lipinski definition) is 0. The maximum absolute atomic E-state index is 12.2. The number of hydrogen-bond acceptors (Lipinski definition) is 2. The van der Waals surface area contributed by atoms with E-state index >= 15 is 0 Å². The van der Waals surface area contributed by atoms with Gasteiger partial charge in [-0.2, -0.15) is 13.2 Å². The van der Waals surface area contributed by atoms with Crippen LogP contribution in [0.15, 0.2) is 12.3 Å². The third-order valence-electron chi connectivity index (χ3n) is 1.45. The Morgan fingerprint density at radius 2 is 2.07 bits per heavy atom. The summed E-state index contributed by atoms with van der Waals surface area (Å²) in [4.78, 5) is 3.45. The number of nitrogens with zero attached hydrogens (tertiary/aromatic N) is 1. The fraction of sp³-hybridized carbons (Fsp3) is 0.375. The second-order valence-corrected chi connectivity index (χ2v) is 3.33. The Labute approximate surface area is 94.0 Å². The lowest BCUT2D eigenvalue weighted by Gasteiger charge is -2.09. The molecule has 84 valence electrons. The van der Waals surface area contributed by atoms with E-state index in [-0.39, 0.29) is 23.4 Å². The first-order valence-electron chi connectivity index (χ1n) is 3.86. The Balaban J connectivity index is 2.88. The average molecular weight is 260 g/mol. The Morgan fingerprint density at radius 3 is 2.53 bits per heavy atom. The molecule has 0 fully saturated rings. The van der Waals surface area contributed by atoms with Crippen LogP contribution in [0.5, 0.6) is 5.88 Å². The van der Waals surface area contributed by atoms with Crippen LogP contribution in [0.2, 0.25) is 5.02 Å². The zero-order chi connectivity index (χ0) is 11.5. The largest absolute Gasteiger partial charge is 0.475 e. The van der Waals surface area contributed by atoms with Gasteiger partial charge in [-0.05, 0) is 6.07 Å². The highest BCUT2D eigenvalue weighted by molar-refractivity contribution is 6.31. The standard InChI is InChI=1S/C8H6Cl2F3NO/c9-1-2-15-7-6(10)3-5(4-14-7)8(11,12)13/h3-4H,1-2H2. The molecular formula is C8H6Cl2F3NO. The molecule has 0 atom stereocenters. The number of halogens is 5. The molecule has 0 aliphatic carbocycles. The van der Waals surface area contributed by atoms with Crippen molar-refractivity contribution < 1.29 is 17.9 Å². The first-order valence-corrected chi connectivity index (χ1v) is 4.78. The van der Waals surface area contributed by atoms with Gasteiger partial charge in [-0.25, -0.2) is 4.98 Å². The highest BCUT2D eigenvalue weighted by Crippen LogP contribution is 2.32. The lowest BCUT2D eigenvalue weighted by atomic mass is 10.3. The molecule has 1 rings (SSSR count). The predicted molar refractivity (Wildman–Crippen MR) is 50.5 cm³/mol. The highest BCUT2D eigenvalue weighted by Gasteiger charge is 2.31. The van der Waals surface area contributed by atoms with Crippen LogP contribution >= 0.6 is 23.2 Å². The van der Waals surface area contributed by atoms with Gasteiger partial charge in [0, 0.05) is 6.20 Å². The number of aromatic nitrogens is 1. The summed E-state index contributed by atoms with van der Waals surface area (Å²) in [5, 5.41) is -0.185. The quantitative estimate of drug-likeness (QED) is 0.777. The van der Waals surface area contributed by atoms with Crippen molar-refractivity contribution >= 4 is 23.2 Å². The minimum Gasteiger partial charge on any atom is -0.475 e. The van der Waals surface area contributed by atoms with Crippen molar-refractivity contribution in [3.63, 3.8) is 0 Å². The van der Waals surface area contributed by atoms with E-state index in [2.05, 4.69) is 4.98 Å². The highest BCUT2D eigenvalue weighted by atomic mass is 35.5. The maximum Gasteiger partial charge on any atom is 0.417 e. The third kappa shape index (κ3) is 3.43. The van der Waals surface area contributed by atoms with E-state index in [9.17, 15) is 13.2 Å². The molecule has 0 unspecified atom stereocenters. The van der Waals surface area contributed by atoms with Gasteiger partial charge in [-0.15, -0.1) is 11.6 Å². The minimum atomic E-state index is -4.46. The van der Waals surface area contributed by atoms with Crippen molar-refractivity contribution in [3.8, 4) is 5.88 Å². The van der Waals surface area contributed by atoms with Crippen molar-refractivity contribution in [2.45, 2.75) is 6.18 Å². The van der Waals surface area contributed by atoms with Crippen LogP contribution in [-0.4, -0.2) is 17.5 Å². The summed E-state index contributed by atoms with van der Waals surface area (Å²) in [5.74, 6) is 0.157. The van der Waals surface area contributed by atoms with Gasteiger partial charge in [0.25, 0.3) is 0 Å². The smallest absolute Gasteiger partial charge is 0.417 e. The zero-order valence-corrected chi connectivity index (χ0v) is 8.83. The molecule has 2 nitrogen and oxygen atoms in total. The average Bonchev–Trinajstić information content (AvgIpc) is 2.14. The molecule has 0 bridgehead atoms. The van der Waals surface area contributed by atoms with Crippen molar-refractivity contribution in [2.75, 3.05) is 12.5 Å². The molecule has 0 aliphatic rings. The predicted octanol–water partition coefficient (Wildman–Crippen LogP) is 3.37. The summed E-state index contributed by atoms with van der Waals surface area (Å²) >= 11 is 10.9. The molecular weight excluding hydrogens is 254 g/mol. The van der Waals surface area contributed by atoms with Gasteiger partial charge >= 0.3 is 6.18 Å². The summed E-state index contributed by atoms with van der Waals surface area (Å²) in [5.41, 5.74) is -0.911. The van der Waals surface area contributed by atoms with Gasteiger partial charge < -0.3 is 4.74 Å². The van der Waals surface area contributed by atoms with Gasteiger partial charge in [0.05, 0.1) is 11.4 Å². The van der Waals surface area contributed by atoms with Crippen molar-refractivity contribution in [3.05, 3.63) is 22.8 Å². The van der Waals surface area contributed by atoms with Gasteiger partial charge in [-0.3, -0.25) is 0 Å². The lowest BCUT2D eigenvalue weighted by molar-refractivity contribution is -0.137. The van der Waals surface area contributed by atoms with E-state index < -0.39 is 11.7 Å². The van der Waals surface area contributed by atoms with Gasteiger partial charge in [0.2, 0.25) is 5.88 Å². The summed E-state index contributed by atoms with van der Waals surface area (Å²) < 4.78 is 41.5. The van der Waals surface area contributed by atoms with Crippen LogP contribution in [0.3, 0.4) is 0 Å². The molecule has 0 aromatic carbocycles. The third-order valence-corrected chi connectivity index (χ3v) is 1.88. The van der Waals surface area contributed by atoms with Crippen LogP contribution in [0.4, 0.5) is 13.2 Å². The van der Waals surface area contributed by atoms with E-state index in [0.29, 0.717) is 6.20 Å². The molecule has 15 heavy (non-hydrogen) atoms. The first-order chi connectivity index (χ1) is 6.95. The van der Waals surface area contributed by atoms with Crippen molar-refractivity contribution in [2.24, 2.45) is 0 Å². The maximum atomic E-state index is 12.2. The number of pyridine rings is 1. The molecule has 0 saturated heterocycles. The monoisotopic (exact) mass is 259 g/mol. The van der Waals surface area contributed by atoms with Gasteiger partial charge in [0.1, 0.15) is 11.6 Å². The Kier molecular flexibility index (Phi) is 4.04. The minimum absolute atomic E-state index is 0.0506. The van der Waals surface area contributed by atoms with Crippen molar-refractivity contribution in [1.29, 1.82) is 0 Å². The number of ether oxygens (including phenoxy) is 1. The number of alkyl halides is 4. The molecule has 0 aliphatic heterocycles. The molecule has 0 radical (unpaired) electrons. The molecule has 0 saturated carbocycles. The molecule has 0 amide bonds. The summed E-state index contributed by atoms with van der Waals surface area (Å²) in [6, 6.07) is 0.762. The van der Waals surface area contributed by atoms with E-state index in [1.807, 2.05) is 0 Å². The molecule has 1 heterocycles. The van der Waals surface area contributed by atoms with Crippen LogP contribution in [0.1, 0.15) is 5.56 Å². The molecule has 7 heteroatoms. The van der Waals surface area contributed by atoms with Crippen LogP contribution in [0.25, 0.3) is 0 Å². The molecule has 1 aromatic heterocycles. The summed E-state index contributed by atoms with van der Waals surface area (Å²) in [6.45, 7) is 0.139. The van der Waals surface area contributed by atoms with E-state index in [4.69, 9.17) is 27.9 Å². The topological polar surface area (TPSA) is 22.1 Å². The Hall–Kier alpha value is -0.680. The molecule has 0 spiro atoms. The van der Waals surface area contributed by atoms with E-state index in [1.165, 1.54) is 0 Å². The molecule has 0 N–H and O–H groups in total. The fourth-order valence-electron chi connectivity index (χ4n) is 0.822. The van der Waals surface area contributed by atoms with Crippen LogP contribution in [-0.2, 0) is 6.18 Å². The van der Waals surface area contributed by atoms with E-state index in [0.717, 1.165) is 6.07 Å². The van der Waals surface area contributed by atoms with Crippen LogP contribution < -0.4 is 4.74 Å². The Bertz CT molecular complexity index is 343.